The Kier molecular flexibility index (Phi) is 7.05. The molecule has 0 fully saturated rings. The van der Waals surface area contributed by atoms with Crippen LogP contribution < -0.4 is 3.53 Å². The first-order valence-corrected chi connectivity index (χ1v) is 4.98. The minimum atomic E-state index is 0.648. The van der Waals surface area contributed by atoms with E-state index in [4.69, 9.17) is 0 Å². The van der Waals surface area contributed by atoms with E-state index in [0.29, 0.717) is 6.04 Å². The summed E-state index contributed by atoms with van der Waals surface area (Å²) in [6.07, 6.45) is 0. The lowest BCUT2D eigenvalue weighted by atomic mass is 10.4. The second kappa shape index (κ2) is 6.11. The molecule has 0 unspecified atom stereocenters. The molecule has 0 radical (unpaired) electrons. The van der Waals surface area contributed by atoms with Gasteiger partial charge in [0.25, 0.3) is 0 Å². The van der Waals surface area contributed by atoms with Crippen LogP contribution in [-0.4, -0.2) is 22.2 Å². The summed E-state index contributed by atoms with van der Waals surface area (Å²) in [4.78, 5) is 0. The third kappa shape index (κ3) is 5.81. The van der Waals surface area contributed by atoms with Crippen LogP contribution in [0.25, 0.3) is 0 Å². The maximum atomic E-state index is 3.08. The van der Waals surface area contributed by atoms with E-state index in [1.165, 1.54) is 0 Å². The number of halogens is 2. The first-order chi connectivity index (χ1) is 4.18. The highest BCUT2D eigenvalue weighted by Gasteiger charge is 2.01. The number of nitrogens with one attached hydrogen (secondary N) is 1. The molecule has 0 saturated heterocycles. The van der Waals surface area contributed by atoms with Gasteiger partial charge in [0.15, 0.2) is 0 Å². The maximum absolute atomic E-state index is 3.08. The fourth-order valence-electron chi connectivity index (χ4n) is 0.407. The van der Waals surface area contributed by atoms with E-state index in [9.17, 15) is 0 Å². The average Bonchev–Trinajstić information content (AvgIpc) is 1.82. The van der Waals surface area contributed by atoms with Crippen molar-refractivity contribution in [1.29, 1.82) is 0 Å². The molecule has 56 valence electrons. The fraction of sp³-hybridized carbons (Fsp3) is 1.00. The second-order valence-electron chi connectivity index (χ2n) is 2.10. The Hall–Kier alpha value is 1.38. The Morgan fingerprint density at radius 3 is 2.44 bits per heavy atom. The normalized spacial score (nSPS) is 11.3. The van der Waals surface area contributed by atoms with Gasteiger partial charge >= 0.3 is 0 Å². The quantitative estimate of drug-likeness (QED) is 0.614. The van der Waals surface area contributed by atoms with Crippen molar-refractivity contribution in [2.45, 2.75) is 19.9 Å². The topological polar surface area (TPSA) is 15.3 Å². The summed E-state index contributed by atoms with van der Waals surface area (Å²) in [6.45, 7) is 6.56. The summed E-state index contributed by atoms with van der Waals surface area (Å²) < 4.78 is 5.36. The molecule has 0 aliphatic heterocycles. The lowest BCUT2D eigenvalue weighted by Crippen LogP contribution is -2.26. The summed E-state index contributed by atoms with van der Waals surface area (Å²) >= 11 is 4.51. The van der Waals surface area contributed by atoms with Gasteiger partial charge in [-0.15, -0.1) is 0 Å². The third-order valence-corrected chi connectivity index (χ3v) is 3.12. The van der Waals surface area contributed by atoms with Crippen LogP contribution >= 0.6 is 45.7 Å². The van der Waals surface area contributed by atoms with Gasteiger partial charge in [-0.3, -0.25) is 3.53 Å². The van der Waals surface area contributed by atoms with Gasteiger partial charge in [-0.1, -0.05) is 0 Å². The number of hydrogen-bond acceptors (Lipinski definition) is 2. The Labute approximate surface area is 84.7 Å². The summed E-state index contributed by atoms with van der Waals surface area (Å²) in [5.74, 6) is 0. The van der Waals surface area contributed by atoms with Crippen molar-refractivity contribution in [3.8, 4) is 0 Å². The van der Waals surface area contributed by atoms with Crippen molar-refractivity contribution in [3.63, 3.8) is 0 Å². The molecule has 2 nitrogen and oxygen atoms in total. The standard InChI is InChI=1S/C5H12I2N2/c1-5(2)9(7)4-3-8-6/h5,8H,3-4H2,1-2H3. The minimum absolute atomic E-state index is 0.648. The molecule has 0 atom stereocenters. The molecule has 9 heavy (non-hydrogen) atoms. The van der Waals surface area contributed by atoms with Crippen LogP contribution in [0, 0.1) is 0 Å². The largest absolute Gasteiger partial charge is 0.260 e. The van der Waals surface area contributed by atoms with Crippen molar-refractivity contribution in [2.24, 2.45) is 0 Å². The van der Waals surface area contributed by atoms with Crippen LogP contribution in [0.5, 0.6) is 0 Å². The van der Waals surface area contributed by atoms with Gasteiger partial charge in [-0.2, -0.15) is 0 Å². The molecule has 0 heterocycles. The first-order valence-electron chi connectivity index (χ1n) is 2.94. The zero-order valence-electron chi connectivity index (χ0n) is 5.69. The highest BCUT2D eigenvalue weighted by Crippen LogP contribution is 2.03. The molecule has 0 aromatic carbocycles. The molecule has 0 rings (SSSR count). The predicted octanol–water partition coefficient (Wildman–Crippen LogP) is 1.99. The van der Waals surface area contributed by atoms with E-state index in [2.05, 4.69) is 66.2 Å². The Morgan fingerprint density at radius 2 is 2.11 bits per heavy atom. The molecule has 0 amide bonds. The van der Waals surface area contributed by atoms with Crippen molar-refractivity contribution in [3.05, 3.63) is 0 Å². The number of hydrogen-bond donors (Lipinski definition) is 1. The maximum Gasteiger partial charge on any atom is 0.0217 e. The van der Waals surface area contributed by atoms with Crippen LogP contribution in [0.3, 0.4) is 0 Å². The molecule has 4 heteroatoms. The van der Waals surface area contributed by atoms with Crippen LogP contribution in [-0.2, 0) is 0 Å². The first kappa shape index (κ1) is 10.4. The smallest absolute Gasteiger partial charge is 0.0217 e. The molecule has 0 aliphatic carbocycles. The van der Waals surface area contributed by atoms with Gasteiger partial charge in [0.05, 0.1) is 0 Å². The van der Waals surface area contributed by atoms with E-state index in [1.54, 1.807) is 0 Å². The molecular weight excluding hydrogens is 342 g/mol. The Bertz CT molecular complexity index is 68.0. The predicted molar refractivity (Wildman–Crippen MR) is 57.9 cm³/mol. The molecular formula is C5H12I2N2. The summed E-state index contributed by atoms with van der Waals surface area (Å²) in [6, 6.07) is 0.648. The highest BCUT2D eigenvalue weighted by molar-refractivity contribution is 14.1. The lowest BCUT2D eigenvalue weighted by molar-refractivity contribution is 0.437. The summed E-state index contributed by atoms with van der Waals surface area (Å²) in [7, 11) is 0. The second-order valence-corrected chi connectivity index (χ2v) is 4.10. The van der Waals surface area contributed by atoms with E-state index in [0.717, 1.165) is 13.1 Å². The third-order valence-electron chi connectivity index (χ3n) is 0.980. The molecule has 0 aliphatic rings. The van der Waals surface area contributed by atoms with E-state index in [-0.39, 0.29) is 0 Å². The zero-order valence-corrected chi connectivity index (χ0v) is 10.0. The Morgan fingerprint density at radius 1 is 1.56 bits per heavy atom. The van der Waals surface area contributed by atoms with Gasteiger partial charge < -0.3 is 0 Å². The van der Waals surface area contributed by atoms with Crippen LogP contribution in [0.15, 0.2) is 0 Å². The van der Waals surface area contributed by atoms with Crippen LogP contribution in [0.2, 0.25) is 0 Å². The van der Waals surface area contributed by atoms with Crippen molar-refractivity contribution < 1.29 is 0 Å². The molecule has 0 saturated carbocycles. The highest BCUT2D eigenvalue weighted by atomic mass is 127. The fourth-order valence-corrected chi connectivity index (χ4v) is 0.890. The molecule has 0 spiro atoms. The lowest BCUT2D eigenvalue weighted by Gasteiger charge is -2.17. The van der Waals surface area contributed by atoms with Gasteiger partial charge in [-0.05, 0) is 13.8 Å². The molecule has 0 bridgehead atoms. The SMILES string of the molecule is CC(C)N(I)CCNI. The van der Waals surface area contributed by atoms with E-state index < -0.39 is 0 Å². The van der Waals surface area contributed by atoms with Gasteiger partial charge in [0.2, 0.25) is 0 Å². The van der Waals surface area contributed by atoms with Crippen LogP contribution in [0.1, 0.15) is 13.8 Å². The van der Waals surface area contributed by atoms with E-state index >= 15 is 0 Å². The van der Waals surface area contributed by atoms with Crippen molar-refractivity contribution in [2.75, 3.05) is 13.1 Å². The number of nitrogens with zero attached hydrogens (tertiary/aromatic N) is 1. The van der Waals surface area contributed by atoms with Crippen molar-refractivity contribution in [1.82, 2.24) is 6.64 Å². The van der Waals surface area contributed by atoms with Crippen molar-refractivity contribution >= 4 is 45.7 Å². The van der Waals surface area contributed by atoms with Gasteiger partial charge in [-0.25, -0.2) is 3.11 Å². The van der Waals surface area contributed by atoms with Gasteiger partial charge in [0.1, 0.15) is 0 Å². The molecule has 0 aromatic rings. The number of rotatable bonds is 4. The van der Waals surface area contributed by atoms with Crippen LogP contribution in [0.4, 0.5) is 0 Å². The zero-order chi connectivity index (χ0) is 7.28. The summed E-state index contributed by atoms with van der Waals surface area (Å²) in [5, 5.41) is 0. The minimum Gasteiger partial charge on any atom is -0.260 e. The molecule has 1 N–H and O–H groups in total. The summed E-state index contributed by atoms with van der Waals surface area (Å²) in [5.41, 5.74) is 0. The average molecular weight is 354 g/mol. The Balaban J connectivity index is 3.16. The monoisotopic (exact) mass is 354 g/mol. The van der Waals surface area contributed by atoms with Gasteiger partial charge in [0, 0.05) is 64.9 Å². The van der Waals surface area contributed by atoms with E-state index in [1.807, 2.05) is 0 Å². The molecule has 0 aromatic heterocycles.